The fourth-order valence-corrected chi connectivity index (χ4v) is 2.89. The maximum atomic E-state index is 11.1. The molecule has 84 valence electrons. The predicted molar refractivity (Wildman–Crippen MR) is 58.7 cm³/mol. The Morgan fingerprint density at radius 2 is 1.36 bits per heavy atom. The van der Waals surface area contributed by atoms with Gasteiger partial charge in [0.15, 0.2) is 0 Å². The molecule has 1 rings (SSSR count). The van der Waals surface area contributed by atoms with Gasteiger partial charge in [0.2, 0.25) is 10.0 Å². The summed E-state index contributed by atoms with van der Waals surface area (Å²) >= 11 is 0. The quantitative estimate of drug-likeness (QED) is 0.772. The third-order valence-electron chi connectivity index (χ3n) is 2.74. The molecule has 4 heteroatoms. The molecule has 0 aromatic rings. The SMILES string of the molecule is CS(=O)(=O)NC1CCCCCCCC1. The van der Waals surface area contributed by atoms with Gasteiger partial charge in [-0.25, -0.2) is 13.1 Å². The average Bonchev–Trinajstić information content (AvgIpc) is 2.15. The monoisotopic (exact) mass is 219 g/mol. The summed E-state index contributed by atoms with van der Waals surface area (Å²) in [6, 6.07) is 0.183. The van der Waals surface area contributed by atoms with Crippen molar-refractivity contribution in [2.24, 2.45) is 0 Å². The van der Waals surface area contributed by atoms with Crippen LogP contribution in [0.1, 0.15) is 51.4 Å². The zero-order chi connectivity index (χ0) is 10.4. The summed E-state index contributed by atoms with van der Waals surface area (Å²) < 4.78 is 24.9. The normalized spacial score (nSPS) is 22.4. The van der Waals surface area contributed by atoms with Gasteiger partial charge in [0.25, 0.3) is 0 Å². The maximum Gasteiger partial charge on any atom is 0.208 e. The van der Waals surface area contributed by atoms with E-state index in [4.69, 9.17) is 0 Å². The molecule has 0 radical (unpaired) electrons. The van der Waals surface area contributed by atoms with Crippen molar-refractivity contribution in [3.63, 3.8) is 0 Å². The fraction of sp³-hybridized carbons (Fsp3) is 1.00. The highest BCUT2D eigenvalue weighted by Crippen LogP contribution is 2.17. The van der Waals surface area contributed by atoms with Gasteiger partial charge in [-0.1, -0.05) is 38.5 Å². The van der Waals surface area contributed by atoms with E-state index < -0.39 is 10.0 Å². The van der Waals surface area contributed by atoms with E-state index >= 15 is 0 Å². The van der Waals surface area contributed by atoms with E-state index in [9.17, 15) is 8.42 Å². The van der Waals surface area contributed by atoms with Gasteiger partial charge in [-0.2, -0.15) is 0 Å². The van der Waals surface area contributed by atoms with Gasteiger partial charge >= 0.3 is 0 Å². The second-order valence-corrected chi connectivity index (χ2v) is 6.07. The van der Waals surface area contributed by atoms with Gasteiger partial charge in [0.05, 0.1) is 6.26 Å². The smallest absolute Gasteiger partial charge is 0.208 e. The van der Waals surface area contributed by atoms with E-state index in [1.807, 2.05) is 0 Å². The van der Waals surface area contributed by atoms with E-state index in [0.29, 0.717) is 0 Å². The van der Waals surface area contributed by atoms with Crippen molar-refractivity contribution in [3.05, 3.63) is 0 Å². The van der Waals surface area contributed by atoms with Gasteiger partial charge in [-0.05, 0) is 12.8 Å². The summed E-state index contributed by atoms with van der Waals surface area (Å²) in [4.78, 5) is 0. The Morgan fingerprint density at radius 3 is 1.79 bits per heavy atom. The number of nitrogens with one attached hydrogen (secondary N) is 1. The van der Waals surface area contributed by atoms with Gasteiger partial charge in [0, 0.05) is 6.04 Å². The molecular formula is C10H21NO2S. The van der Waals surface area contributed by atoms with Crippen molar-refractivity contribution < 1.29 is 8.42 Å². The van der Waals surface area contributed by atoms with Crippen LogP contribution in [-0.2, 0) is 10.0 Å². The lowest BCUT2D eigenvalue weighted by molar-refractivity contribution is 0.484. The van der Waals surface area contributed by atoms with E-state index in [2.05, 4.69) is 4.72 Å². The Morgan fingerprint density at radius 1 is 0.929 bits per heavy atom. The van der Waals surface area contributed by atoms with Crippen LogP contribution in [-0.4, -0.2) is 20.7 Å². The molecule has 1 N–H and O–H groups in total. The topological polar surface area (TPSA) is 46.2 Å². The fourth-order valence-electron chi connectivity index (χ4n) is 2.05. The molecule has 0 aliphatic heterocycles. The van der Waals surface area contributed by atoms with Crippen LogP contribution in [0, 0.1) is 0 Å². The molecule has 0 spiro atoms. The first kappa shape index (κ1) is 12.0. The molecule has 0 atom stereocenters. The molecular weight excluding hydrogens is 198 g/mol. The van der Waals surface area contributed by atoms with E-state index in [0.717, 1.165) is 25.7 Å². The Balaban J connectivity index is 2.40. The summed E-state index contributed by atoms with van der Waals surface area (Å²) in [6.45, 7) is 0. The summed E-state index contributed by atoms with van der Waals surface area (Å²) in [5, 5.41) is 0. The molecule has 1 fully saturated rings. The van der Waals surface area contributed by atoms with Gasteiger partial charge in [0.1, 0.15) is 0 Å². The standard InChI is InChI=1S/C10H21NO2S/c1-14(12,13)11-10-8-6-4-2-3-5-7-9-10/h10-11H,2-9H2,1H3. The van der Waals surface area contributed by atoms with Crippen LogP contribution < -0.4 is 4.72 Å². The van der Waals surface area contributed by atoms with Crippen LogP contribution in [0.2, 0.25) is 0 Å². The third-order valence-corrected chi connectivity index (χ3v) is 3.50. The zero-order valence-corrected chi connectivity index (χ0v) is 9.78. The van der Waals surface area contributed by atoms with E-state index in [1.165, 1.54) is 31.9 Å². The molecule has 0 unspecified atom stereocenters. The molecule has 0 bridgehead atoms. The summed E-state index contributed by atoms with van der Waals surface area (Å²) in [5.41, 5.74) is 0. The average molecular weight is 219 g/mol. The van der Waals surface area contributed by atoms with Crippen LogP contribution in [0.5, 0.6) is 0 Å². The second kappa shape index (κ2) is 5.71. The van der Waals surface area contributed by atoms with Gasteiger partial charge < -0.3 is 0 Å². The summed E-state index contributed by atoms with van der Waals surface area (Å²) in [5.74, 6) is 0. The van der Waals surface area contributed by atoms with Crippen LogP contribution in [0.15, 0.2) is 0 Å². The number of rotatable bonds is 2. The Labute approximate surface area is 87.3 Å². The molecule has 0 aromatic carbocycles. The lowest BCUT2D eigenvalue weighted by atomic mass is 10.1. The molecule has 1 saturated carbocycles. The zero-order valence-electron chi connectivity index (χ0n) is 8.96. The van der Waals surface area contributed by atoms with Gasteiger partial charge in [-0.3, -0.25) is 0 Å². The highest BCUT2D eigenvalue weighted by atomic mass is 32.2. The predicted octanol–water partition coefficient (Wildman–Crippen LogP) is 2.04. The molecule has 0 saturated heterocycles. The molecule has 1 aliphatic rings. The first-order valence-corrected chi connectivity index (χ1v) is 7.44. The summed E-state index contributed by atoms with van der Waals surface area (Å²) in [6.07, 6.45) is 10.7. The van der Waals surface area contributed by atoms with Crippen molar-refractivity contribution in [1.29, 1.82) is 0 Å². The molecule has 1 aliphatic carbocycles. The van der Waals surface area contributed by atoms with E-state index in [1.54, 1.807) is 0 Å². The second-order valence-electron chi connectivity index (χ2n) is 4.29. The van der Waals surface area contributed by atoms with Crippen molar-refractivity contribution in [2.75, 3.05) is 6.26 Å². The van der Waals surface area contributed by atoms with Gasteiger partial charge in [-0.15, -0.1) is 0 Å². The molecule has 0 aromatic heterocycles. The minimum Gasteiger partial charge on any atom is -0.213 e. The third kappa shape index (κ3) is 5.60. The van der Waals surface area contributed by atoms with Crippen molar-refractivity contribution in [1.82, 2.24) is 4.72 Å². The van der Waals surface area contributed by atoms with Crippen LogP contribution in [0.4, 0.5) is 0 Å². The van der Waals surface area contributed by atoms with Crippen molar-refractivity contribution in [3.8, 4) is 0 Å². The maximum absolute atomic E-state index is 11.1. The Bertz CT molecular complexity index is 239. The number of sulfonamides is 1. The molecule has 14 heavy (non-hydrogen) atoms. The number of hydrogen-bond donors (Lipinski definition) is 1. The Hall–Kier alpha value is -0.0900. The lowest BCUT2D eigenvalue weighted by Crippen LogP contribution is -2.33. The minimum absolute atomic E-state index is 0.183. The first-order chi connectivity index (χ1) is 6.58. The Kier molecular flexibility index (Phi) is 4.89. The van der Waals surface area contributed by atoms with Crippen molar-refractivity contribution >= 4 is 10.0 Å². The number of hydrogen-bond acceptors (Lipinski definition) is 2. The highest BCUT2D eigenvalue weighted by molar-refractivity contribution is 7.88. The van der Waals surface area contributed by atoms with Crippen molar-refractivity contribution in [2.45, 2.75) is 57.4 Å². The largest absolute Gasteiger partial charge is 0.213 e. The summed E-state index contributed by atoms with van der Waals surface area (Å²) in [7, 11) is -3.01. The lowest BCUT2D eigenvalue weighted by Gasteiger charge is -2.15. The van der Waals surface area contributed by atoms with Crippen LogP contribution in [0.3, 0.4) is 0 Å². The molecule has 0 amide bonds. The van der Waals surface area contributed by atoms with Crippen LogP contribution in [0.25, 0.3) is 0 Å². The van der Waals surface area contributed by atoms with E-state index in [-0.39, 0.29) is 6.04 Å². The minimum atomic E-state index is -3.01. The molecule has 3 nitrogen and oxygen atoms in total. The van der Waals surface area contributed by atoms with Crippen LogP contribution >= 0.6 is 0 Å². The molecule has 0 heterocycles. The first-order valence-electron chi connectivity index (χ1n) is 5.55. The highest BCUT2D eigenvalue weighted by Gasteiger charge is 2.14.